The number of rotatable bonds is 8. The molecule has 19 heavy (non-hydrogen) atoms. The number of carbonyl (C=O) groups excluding carboxylic acids is 1. The lowest BCUT2D eigenvalue weighted by Gasteiger charge is -2.08. The van der Waals surface area contributed by atoms with Crippen molar-refractivity contribution in [3.63, 3.8) is 0 Å². The number of nitrogens with one attached hydrogen (secondary N) is 2. The van der Waals surface area contributed by atoms with Gasteiger partial charge in [0, 0.05) is 12.1 Å². The smallest absolute Gasteiger partial charge is 0.251 e. The van der Waals surface area contributed by atoms with E-state index < -0.39 is 0 Å². The first-order valence-corrected chi connectivity index (χ1v) is 6.43. The van der Waals surface area contributed by atoms with Crippen LogP contribution in [0, 0.1) is 0 Å². The van der Waals surface area contributed by atoms with Gasteiger partial charge in [-0.2, -0.15) is 0 Å². The molecule has 0 saturated carbocycles. The normalized spacial score (nSPS) is 9.58. The van der Waals surface area contributed by atoms with Crippen LogP contribution in [0.25, 0.3) is 0 Å². The van der Waals surface area contributed by atoms with Gasteiger partial charge in [-0.1, -0.05) is 13.0 Å². The van der Waals surface area contributed by atoms with E-state index in [0.29, 0.717) is 18.7 Å². The highest BCUT2D eigenvalue weighted by atomic mass is 35.5. The summed E-state index contributed by atoms with van der Waals surface area (Å²) in [7, 11) is 1.90. The molecule has 0 heterocycles. The zero-order valence-electron chi connectivity index (χ0n) is 11.6. The quantitative estimate of drug-likeness (QED) is 0.721. The van der Waals surface area contributed by atoms with Crippen LogP contribution < -0.4 is 15.4 Å². The Morgan fingerprint density at radius 2 is 2.11 bits per heavy atom. The molecule has 2 N–H and O–H groups in total. The molecule has 0 fully saturated rings. The molecule has 1 amide bonds. The van der Waals surface area contributed by atoms with Crippen molar-refractivity contribution in [2.75, 3.05) is 26.7 Å². The summed E-state index contributed by atoms with van der Waals surface area (Å²) in [6.07, 6.45) is 1.88. The fraction of sp³-hybridized carbons (Fsp3) is 0.500. The van der Waals surface area contributed by atoms with Gasteiger partial charge in [-0.25, -0.2) is 0 Å². The van der Waals surface area contributed by atoms with Crippen LogP contribution in [0.15, 0.2) is 24.3 Å². The highest BCUT2D eigenvalue weighted by Gasteiger charge is 2.05. The van der Waals surface area contributed by atoms with Gasteiger partial charge in [0.1, 0.15) is 5.75 Å². The van der Waals surface area contributed by atoms with E-state index >= 15 is 0 Å². The maximum atomic E-state index is 11.8. The standard InChI is InChI=1S/C14H22N2O2.ClH/c1-3-10-18-13-7-4-6-12(11-13)14(17)16-9-5-8-15-2;/h4,6-7,11,15H,3,5,8-10H2,1-2H3,(H,16,17);1H. The fourth-order valence-electron chi connectivity index (χ4n) is 1.52. The van der Waals surface area contributed by atoms with Gasteiger partial charge in [0.2, 0.25) is 0 Å². The Kier molecular flexibility index (Phi) is 9.94. The Hall–Kier alpha value is -1.26. The molecule has 0 aromatic heterocycles. The molecule has 0 radical (unpaired) electrons. The number of halogens is 1. The predicted octanol–water partition coefficient (Wildman–Crippen LogP) is 2.24. The van der Waals surface area contributed by atoms with Gasteiger partial charge in [-0.05, 0) is 44.6 Å². The monoisotopic (exact) mass is 286 g/mol. The number of hydrogen-bond acceptors (Lipinski definition) is 3. The van der Waals surface area contributed by atoms with E-state index in [1.165, 1.54) is 0 Å². The van der Waals surface area contributed by atoms with Gasteiger partial charge in [0.05, 0.1) is 6.61 Å². The van der Waals surface area contributed by atoms with E-state index in [-0.39, 0.29) is 18.3 Å². The molecule has 0 atom stereocenters. The summed E-state index contributed by atoms with van der Waals surface area (Å²) in [6, 6.07) is 7.29. The van der Waals surface area contributed by atoms with Crippen LogP contribution in [-0.4, -0.2) is 32.7 Å². The molecule has 0 saturated heterocycles. The van der Waals surface area contributed by atoms with Crippen LogP contribution in [0.2, 0.25) is 0 Å². The Labute approximate surface area is 121 Å². The summed E-state index contributed by atoms with van der Waals surface area (Å²) in [5.74, 6) is 0.702. The zero-order chi connectivity index (χ0) is 13.2. The number of carbonyl (C=O) groups is 1. The lowest BCUT2D eigenvalue weighted by atomic mass is 10.2. The minimum atomic E-state index is -0.0481. The van der Waals surface area contributed by atoms with E-state index in [4.69, 9.17) is 4.74 Å². The highest BCUT2D eigenvalue weighted by molar-refractivity contribution is 5.94. The summed E-state index contributed by atoms with van der Waals surface area (Å²) in [6.45, 7) is 4.31. The van der Waals surface area contributed by atoms with Crippen LogP contribution in [0.1, 0.15) is 30.1 Å². The maximum absolute atomic E-state index is 11.8. The van der Waals surface area contributed by atoms with Gasteiger partial charge >= 0.3 is 0 Å². The lowest BCUT2D eigenvalue weighted by molar-refractivity contribution is 0.0953. The molecule has 1 aromatic rings. The molecule has 4 nitrogen and oxygen atoms in total. The first-order chi connectivity index (χ1) is 8.77. The summed E-state index contributed by atoms with van der Waals surface area (Å²) in [5, 5.41) is 5.92. The molecule has 0 unspecified atom stereocenters. The van der Waals surface area contributed by atoms with E-state index in [1.807, 2.05) is 19.2 Å². The summed E-state index contributed by atoms with van der Waals surface area (Å²) in [4.78, 5) is 11.8. The lowest BCUT2D eigenvalue weighted by Crippen LogP contribution is -2.26. The summed E-state index contributed by atoms with van der Waals surface area (Å²) >= 11 is 0. The van der Waals surface area contributed by atoms with Crippen molar-refractivity contribution in [3.05, 3.63) is 29.8 Å². The maximum Gasteiger partial charge on any atom is 0.251 e. The molecule has 0 bridgehead atoms. The number of benzene rings is 1. The van der Waals surface area contributed by atoms with Crippen molar-refractivity contribution in [3.8, 4) is 5.75 Å². The second-order valence-electron chi connectivity index (χ2n) is 4.09. The van der Waals surface area contributed by atoms with Gasteiger partial charge in [0.15, 0.2) is 0 Å². The molecule has 1 rings (SSSR count). The van der Waals surface area contributed by atoms with Crippen molar-refractivity contribution >= 4 is 18.3 Å². The molecule has 0 aliphatic heterocycles. The molecular formula is C14H23ClN2O2. The Morgan fingerprint density at radius 3 is 2.79 bits per heavy atom. The third-order valence-electron chi connectivity index (χ3n) is 2.46. The first-order valence-electron chi connectivity index (χ1n) is 6.43. The second-order valence-corrected chi connectivity index (χ2v) is 4.09. The van der Waals surface area contributed by atoms with Crippen LogP contribution >= 0.6 is 12.4 Å². The van der Waals surface area contributed by atoms with Crippen LogP contribution in [0.3, 0.4) is 0 Å². The molecule has 5 heteroatoms. The van der Waals surface area contributed by atoms with E-state index in [1.54, 1.807) is 12.1 Å². The third-order valence-corrected chi connectivity index (χ3v) is 2.46. The van der Waals surface area contributed by atoms with E-state index in [2.05, 4.69) is 17.6 Å². The van der Waals surface area contributed by atoms with Gasteiger partial charge in [-0.3, -0.25) is 4.79 Å². The van der Waals surface area contributed by atoms with Crippen molar-refractivity contribution in [2.24, 2.45) is 0 Å². The van der Waals surface area contributed by atoms with Crippen LogP contribution in [0.4, 0.5) is 0 Å². The molecule has 108 valence electrons. The largest absolute Gasteiger partial charge is 0.494 e. The van der Waals surface area contributed by atoms with Crippen molar-refractivity contribution in [1.82, 2.24) is 10.6 Å². The number of hydrogen-bond donors (Lipinski definition) is 2. The minimum Gasteiger partial charge on any atom is -0.494 e. The van der Waals surface area contributed by atoms with Crippen molar-refractivity contribution in [1.29, 1.82) is 0 Å². The molecule has 0 aliphatic carbocycles. The fourth-order valence-corrected chi connectivity index (χ4v) is 1.52. The predicted molar refractivity (Wildman–Crippen MR) is 80.4 cm³/mol. The summed E-state index contributed by atoms with van der Waals surface area (Å²) in [5.41, 5.74) is 0.646. The third kappa shape index (κ3) is 7.03. The highest BCUT2D eigenvalue weighted by Crippen LogP contribution is 2.13. The molecule has 1 aromatic carbocycles. The molecule has 0 spiro atoms. The van der Waals surface area contributed by atoms with Gasteiger partial charge in [0.25, 0.3) is 5.91 Å². The number of amides is 1. The Balaban J connectivity index is 0.00000324. The van der Waals surface area contributed by atoms with Crippen molar-refractivity contribution < 1.29 is 9.53 Å². The Morgan fingerprint density at radius 1 is 1.32 bits per heavy atom. The van der Waals surface area contributed by atoms with Crippen molar-refractivity contribution in [2.45, 2.75) is 19.8 Å². The average molecular weight is 287 g/mol. The second kappa shape index (κ2) is 10.6. The number of ether oxygens (including phenoxy) is 1. The minimum absolute atomic E-state index is 0. The summed E-state index contributed by atoms with van der Waals surface area (Å²) < 4.78 is 5.50. The average Bonchev–Trinajstić information content (AvgIpc) is 2.41. The van der Waals surface area contributed by atoms with E-state index in [9.17, 15) is 4.79 Å². The topological polar surface area (TPSA) is 50.4 Å². The molecular weight excluding hydrogens is 264 g/mol. The zero-order valence-corrected chi connectivity index (χ0v) is 12.4. The van der Waals surface area contributed by atoms with Gasteiger partial charge in [-0.15, -0.1) is 12.4 Å². The Bertz CT molecular complexity index is 372. The van der Waals surface area contributed by atoms with Gasteiger partial charge < -0.3 is 15.4 Å². The van der Waals surface area contributed by atoms with Crippen LogP contribution in [-0.2, 0) is 0 Å². The molecule has 0 aliphatic rings. The SMILES string of the molecule is CCCOc1cccc(C(=O)NCCCNC)c1.Cl. The van der Waals surface area contributed by atoms with E-state index in [0.717, 1.165) is 25.1 Å². The van der Waals surface area contributed by atoms with Crippen LogP contribution in [0.5, 0.6) is 5.75 Å². The first kappa shape index (κ1) is 17.7.